The van der Waals surface area contributed by atoms with Crippen molar-refractivity contribution in [3.05, 3.63) is 59.1 Å². The summed E-state index contributed by atoms with van der Waals surface area (Å²) in [5.74, 6) is 0.488. The molecule has 0 aliphatic rings. The lowest BCUT2D eigenvalue weighted by molar-refractivity contribution is 0.838. The Morgan fingerprint density at radius 2 is 1.83 bits per heavy atom. The molecule has 3 aromatic rings. The molecular formula is C14H12ClN3. The van der Waals surface area contributed by atoms with Gasteiger partial charge in [0.2, 0.25) is 5.95 Å². The third-order valence-electron chi connectivity index (χ3n) is 2.94. The molecule has 0 aliphatic heterocycles. The van der Waals surface area contributed by atoms with Crippen molar-refractivity contribution in [2.24, 2.45) is 0 Å². The van der Waals surface area contributed by atoms with Crippen LogP contribution >= 0.6 is 11.6 Å². The Kier molecular flexibility index (Phi) is 2.68. The van der Waals surface area contributed by atoms with E-state index in [0.29, 0.717) is 17.5 Å². The van der Waals surface area contributed by atoms with Crippen molar-refractivity contribution >= 4 is 28.6 Å². The Bertz CT molecular complexity index is 689. The first kappa shape index (κ1) is 11.1. The summed E-state index contributed by atoms with van der Waals surface area (Å²) in [6.45, 7) is 0.698. The van der Waals surface area contributed by atoms with Crippen molar-refractivity contribution in [3.8, 4) is 0 Å². The molecule has 2 N–H and O–H groups in total. The number of nitrogens with two attached hydrogens (primary N) is 1. The van der Waals surface area contributed by atoms with Crippen LogP contribution in [0.25, 0.3) is 11.0 Å². The standard InChI is InChI=1S/C14H12ClN3/c15-11-7-4-8-12-13(11)17-14(16)18(12)9-10-5-2-1-3-6-10/h1-8H,9H2,(H2,16,17). The highest BCUT2D eigenvalue weighted by Crippen LogP contribution is 2.25. The van der Waals surface area contributed by atoms with Gasteiger partial charge in [-0.15, -0.1) is 0 Å². The number of imidazole rings is 1. The van der Waals surface area contributed by atoms with Crippen LogP contribution in [-0.2, 0) is 6.54 Å². The third-order valence-corrected chi connectivity index (χ3v) is 3.25. The lowest BCUT2D eigenvalue weighted by Crippen LogP contribution is -2.04. The number of para-hydroxylation sites is 1. The van der Waals surface area contributed by atoms with E-state index in [1.54, 1.807) is 0 Å². The van der Waals surface area contributed by atoms with Gasteiger partial charge in [-0.2, -0.15) is 0 Å². The summed E-state index contributed by atoms with van der Waals surface area (Å²) in [5, 5.41) is 0.631. The molecule has 1 heterocycles. The first-order valence-corrected chi connectivity index (χ1v) is 6.07. The van der Waals surface area contributed by atoms with E-state index in [1.807, 2.05) is 41.0 Å². The summed E-state index contributed by atoms with van der Waals surface area (Å²) in [6.07, 6.45) is 0. The number of hydrogen-bond donors (Lipinski definition) is 1. The molecule has 0 spiro atoms. The van der Waals surface area contributed by atoms with Crippen LogP contribution in [0.1, 0.15) is 5.56 Å². The Morgan fingerprint density at radius 1 is 1.06 bits per heavy atom. The number of rotatable bonds is 2. The summed E-state index contributed by atoms with van der Waals surface area (Å²) in [5.41, 5.74) is 8.87. The number of aromatic nitrogens is 2. The number of hydrogen-bond acceptors (Lipinski definition) is 2. The van der Waals surface area contributed by atoms with Crippen molar-refractivity contribution in [2.75, 3.05) is 5.73 Å². The first-order valence-electron chi connectivity index (χ1n) is 5.70. The highest BCUT2D eigenvalue weighted by Gasteiger charge is 2.10. The number of benzene rings is 2. The molecule has 2 aromatic carbocycles. The van der Waals surface area contributed by atoms with E-state index in [0.717, 1.165) is 11.0 Å². The largest absolute Gasteiger partial charge is 0.369 e. The van der Waals surface area contributed by atoms with E-state index in [-0.39, 0.29) is 0 Å². The van der Waals surface area contributed by atoms with Crippen LogP contribution in [0, 0.1) is 0 Å². The lowest BCUT2D eigenvalue weighted by Gasteiger charge is -2.06. The van der Waals surface area contributed by atoms with Crippen LogP contribution in [0.5, 0.6) is 0 Å². The Hall–Kier alpha value is -2.00. The summed E-state index contributed by atoms with van der Waals surface area (Å²) >= 11 is 6.11. The fourth-order valence-electron chi connectivity index (χ4n) is 2.06. The average Bonchev–Trinajstić information content (AvgIpc) is 2.70. The van der Waals surface area contributed by atoms with Crippen LogP contribution in [0.2, 0.25) is 5.02 Å². The van der Waals surface area contributed by atoms with E-state index in [1.165, 1.54) is 5.56 Å². The van der Waals surface area contributed by atoms with Crippen molar-refractivity contribution in [2.45, 2.75) is 6.54 Å². The van der Waals surface area contributed by atoms with Crippen LogP contribution < -0.4 is 5.73 Å². The second kappa shape index (κ2) is 4.35. The highest BCUT2D eigenvalue weighted by atomic mass is 35.5. The number of fused-ring (bicyclic) bond motifs is 1. The van der Waals surface area contributed by atoms with Crippen LogP contribution in [0.15, 0.2) is 48.5 Å². The number of anilines is 1. The van der Waals surface area contributed by atoms with Gasteiger partial charge in [0.1, 0.15) is 5.52 Å². The predicted molar refractivity (Wildman–Crippen MR) is 74.7 cm³/mol. The molecule has 18 heavy (non-hydrogen) atoms. The molecule has 4 heteroatoms. The van der Waals surface area contributed by atoms with Gasteiger partial charge in [-0.1, -0.05) is 48.0 Å². The van der Waals surface area contributed by atoms with Crippen LogP contribution in [-0.4, -0.2) is 9.55 Å². The fraction of sp³-hybridized carbons (Fsp3) is 0.0714. The molecule has 0 fully saturated rings. The Balaban J connectivity index is 2.12. The zero-order chi connectivity index (χ0) is 12.5. The molecule has 0 aliphatic carbocycles. The topological polar surface area (TPSA) is 43.8 Å². The van der Waals surface area contributed by atoms with E-state index in [9.17, 15) is 0 Å². The van der Waals surface area contributed by atoms with Crippen molar-refractivity contribution in [1.82, 2.24) is 9.55 Å². The number of halogens is 1. The third kappa shape index (κ3) is 1.83. The summed E-state index contributed by atoms with van der Waals surface area (Å²) < 4.78 is 1.97. The average molecular weight is 258 g/mol. The van der Waals surface area contributed by atoms with E-state index >= 15 is 0 Å². The van der Waals surface area contributed by atoms with Gasteiger partial charge in [-0.25, -0.2) is 4.98 Å². The monoisotopic (exact) mass is 257 g/mol. The maximum atomic E-state index is 6.11. The van der Waals surface area contributed by atoms with Gasteiger partial charge < -0.3 is 10.3 Å². The Morgan fingerprint density at radius 3 is 2.61 bits per heavy atom. The molecule has 0 radical (unpaired) electrons. The van der Waals surface area contributed by atoms with Gasteiger partial charge in [0, 0.05) is 0 Å². The lowest BCUT2D eigenvalue weighted by atomic mass is 10.2. The van der Waals surface area contributed by atoms with Crippen LogP contribution in [0.3, 0.4) is 0 Å². The zero-order valence-electron chi connectivity index (χ0n) is 9.68. The van der Waals surface area contributed by atoms with E-state index in [2.05, 4.69) is 17.1 Å². The van der Waals surface area contributed by atoms with Gasteiger partial charge in [0.05, 0.1) is 17.1 Å². The van der Waals surface area contributed by atoms with Gasteiger partial charge >= 0.3 is 0 Å². The maximum Gasteiger partial charge on any atom is 0.201 e. The predicted octanol–water partition coefficient (Wildman–Crippen LogP) is 3.32. The smallest absolute Gasteiger partial charge is 0.201 e. The summed E-state index contributed by atoms with van der Waals surface area (Å²) in [7, 11) is 0. The molecule has 0 amide bonds. The molecule has 3 rings (SSSR count). The molecule has 0 saturated carbocycles. The van der Waals surface area contributed by atoms with Gasteiger partial charge in [-0.3, -0.25) is 0 Å². The molecule has 0 bridgehead atoms. The molecular weight excluding hydrogens is 246 g/mol. The first-order chi connectivity index (χ1) is 8.75. The molecule has 0 unspecified atom stereocenters. The van der Waals surface area contributed by atoms with Gasteiger partial charge in [0.15, 0.2) is 0 Å². The second-order valence-electron chi connectivity index (χ2n) is 4.15. The quantitative estimate of drug-likeness (QED) is 0.765. The zero-order valence-corrected chi connectivity index (χ0v) is 10.4. The van der Waals surface area contributed by atoms with E-state index in [4.69, 9.17) is 17.3 Å². The summed E-state index contributed by atoms with van der Waals surface area (Å²) in [4.78, 5) is 4.32. The molecule has 0 atom stereocenters. The SMILES string of the molecule is Nc1nc2c(Cl)cccc2n1Cc1ccccc1. The normalized spacial score (nSPS) is 10.9. The minimum atomic E-state index is 0.488. The fourth-order valence-corrected chi connectivity index (χ4v) is 2.27. The molecule has 1 aromatic heterocycles. The summed E-state index contributed by atoms with van der Waals surface area (Å²) in [6, 6.07) is 15.9. The van der Waals surface area contributed by atoms with E-state index < -0.39 is 0 Å². The minimum absolute atomic E-state index is 0.488. The Labute approximate surface area is 110 Å². The molecule has 90 valence electrons. The minimum Gasteiger partial charge on any atom is -0.369 e. The number of nitrogens with zero attached hydrogens (tertiary/aromatic N) is 2. The molecule has 3 nitrogen and oxygen atoms in total. The van der Waals surface area contributed by atoms with Crippen molar-refractivity contribution < 1.29 is 0 Å². The maximum absolute atomic E-state index is 6.11. The van der Waals surface area contributed by atoms with Crippen molar-refractivity contribution in [1.29, 1.82) is 0 Å². The van der Waals surface area contributed by atoms with Gasteiger partial charge in [-0.05, 0) is 17.7 Å². The van der Waals surface area contributed by atoms with Gasteiger partial charge in [0.25, 0.3) is 0 Å². The number of nitrogen functional groups attached to an aromatic ring is 1. The highest BCUT2D eigenvalue weighted by molar-refractivity contribution is 6.35. The van der Waals surface area contributed by atoms with Crippen LogP contribution in [0.4, 0.5) is 5.95 Å². The molecule has 0 saturated heterocycles. The second-order valence-corrected chi connectivity index (χ2v) is 4.56. The van der Waals surface area contributed by atoms with Crippen molar-refractivity contribution in [3.63, 3.8) is 0 Å².